The number of thiocarbonyl (C=S) groups is 1. The fourth-order valence-electron chi connectivity index (χ4n) is 3.88. The van der Waals surface area contributed by atoms with Crippen LogP contribution in [0.15, 0.2) is 49.2 Å². The lowest BCUT2D eigenvalue weighted by Crippen LogP contribution is -2.36. The molecule has 1 heterocycles. The third kappa shape index (κ3) is 4.54. The number of aromatic hydroxyl groups is 2. The molecule has 31 heavy (non-hydrogen) atoms. The van der Waals surface area contributed by atoms with Crippen LogP contribution >= 0.6 is 12.2 Å². The molecule has 3 rings (SSSR count). The lowest BCUT2D eigenvalue weighted by molar-refractivity contribution is 0.445. The highest BCUT2D eigenvalue weighted by molar-refractivity contribution is 7.80. The molecule has 0 saturated carbocycles. The van der Waals surface area contributed by atoms with Crippen LogP contribution in [0.25, 0.3) is 16.6 Å². The summed E-state index contributed by atoms with van der Waals surface area (Å²) in [4.78, 5) is 1.85. The molecule has 0 amide bonds. The smallest absolute Gasteiger partial charge is 0.177 e. The molecule has 164 valence electrons. The zero-order valence-corrected chi connectivity index (χ0v) is 19.3. The maximum absolute atomic E-state index is 10.6. The summed E-state index contributed by atoms with van der Waals surface area (Å²) in [6.45, 7) is 9.39. The summed E-state index contributed by atoms with van der Waals surface area (Å²) >= 11 is 5.64. The van der Waals surface area contributed by atoms with E-state index < -0.39 is 0 Å². The first-order chi connectivity index (χ1) is 14.9. The van der Waals surface area contributed by atoms with Gasteiger partial charge in [-0.05, 0) is 54.9 Å². The van der Waals surface area contributed by atoms with E-state index >= 15 is 0 Å². The molecule has 0 fully saturated rings. The van der Waals surface area contributed by atoms with Crippen molar-refractivity contribution in [3.8, 4) is 11.5 Å². The molecule has 2 aromatic carbocycles. The molecule has 0 aliphatic carbocycles. The molecule has 0 spiro atoms. The normalized spacial score (nSPS) is 10.9. The van der Waals surface area contributed by atoms with Gasteiger partial charge in [0.2, 0.25) is 0 Å². The average Bonchev–Trinajstić information content (AvgIpc) is 3.18. The highest BCUT2D eigenvalue weighted by atomic mass is 32.1. The van der Waals surface area contributed by atoms with E-state index in [1.165, 1.54) is 18.9 Å². The van der Waals surface area contributed by atoms with Gasteiger partial charge >= 0.3 is 0 Å². The molecule has 0 bridgehead atoms. The number of phenolic OH excluding ortho intramolecular Hbond substituents is 2. The summed E-state index contributed by atoms with van der Waals surface area (Å²) in [5, 5.41) is 25.2. The maximum Gasteiger partial charge on any atom is 0.177 e. The van der Waals surface area contributed by atoms with Crippen LogP contribution in [0.2, 0.25) is 0 Å². The van der Waals surface area contributed by atoms with Gasteiger partial charge in [-0.1, -0.05) is 39.3 Å². The number of nitrogens with zero attached hydrogens (tertiary/aromatic N) is 2. The van der Waals surface area contributed by atoms with E-state index in [-0.39, 0.29) is 11.5 Å². The van der Waals surface area contributed by atoms with Gasteiger partial charge in [-0.2, -0.15) is 0 Å². The van der Waals surface area contributed by atoms with Crippen LogP contribution in [-0.4, -0.2) is 26.9 Å². The molecule has 3 aromatic rings. The third-order valence-electron chi connectivity index (χ3n) is 5.61. The maximum atomic E-state index is 10.6. The van der Waals surface area contributed by atoms with Crippen molar-refractivity contribution in [2.24, 2.45) is 0 Å². The van der Waals surface area contributed by atoms with Crippen LogP contribution < -0.4 is 10.2 Å². The summed E-state index contributed by atoms with van der Waals surface area (Å²) in [6.07, 6.45) is 6.27. The molecule has 3 N–H and O–H groups in total. The van der Waals surface area contributed by atoms with Gasteiger partial charge in [0.25, 0.3) is 0 Å². The predicted octanol–water partition coefficient (Wildman–Crippen LogP) is 5.79. The van der Waals surface area contributed by atoms with Gasteiger partial charge in [0.05, 0.1) is 16.9 Å². The molecular weight excluding hydrogens is 406 g/mol. The predicted molar refractivity (Wildman–Crippen MR) is 134 cm³/mol. The Balaban J connectivity index is 2.09. The van der Waals surface area contributed by atoms with Crippen LogP contribution in [-0.2, 0) is 13.0 Å². The fourth-order valence-corrected chi connectivity index (χ4v) is 4.08. The number of hydrogen-bond donors (Lipinski definition) is 3. The number of unbranched alkanes of at least 4 members (excludes halogenated alkanes) is 2. The van der Waals surface area contributed by atoms with Crippen LogP contribution in [0.5, 0.6) is 11.5 Å². The van der Waals surface area contributed by atoms with Gasteiger partial charge in [0, 0.05) is 36.8 Å². The quantitative estimate of drug-likeness (QED) is 0.308. The summed E-state index contributed by atoms with van der Waals surface area (Å²) in [5.41, 5.74) is 3.84. The second-order valence-electron chi connectivity index (χ2n) is 7.62. The van der Waals surface area contributed by atoms with Gasteiger partial charge in [-0.15, -0.1) is 0 Å². The van der Waals surface area contributed by atoms with Gasteiger partial charge < -0.3 is 20.1 Å². The summed E-state index contributed by atoms with van der Waals surface area (Å²) in [7, 11) is 1.77. The van der Waals surface area contributed by atoms with Crippen LogP contribution in [0.3, 0.4) is 0 Å². The Bertz CT molecular complexity index is 1100. The Labute approximate surface area is 189 Å². The monoisotopic (exact) mass is 437 g/mol. The molecule has 0 unspecified atom stereocenters. The van der Waals surface area contributed by atoms with Crippen LogP contribution in [0.4, 0.5) is 5.69 Å². The van der Waals surface area contributed by atoms with Gasteiger partial charge in [0.1, 0.15) is 11.5 Å². The highest BCUT2D eigenvalue weighted by Crippen LogP contribution is 2.38. The van der Waals surface area contributed by atoms with E-state index in [0.717, 1.165) is 35.1 Å². The Hall–Kier alpha value is -2.99. The standard InChI is InChI=1S/C25H31N3O2S/c1-5-7-8-13-27-14-12-19-21(27)10-9-11-22(19)28(25(31)26-4)17(3)20-15-18(6-2)23(29)16-24(20)30/h9-12,14-16,29-30H,3,5-8,13H2,1-2,4H3,(H,26,31). The van der Waals surface area contributed by atoms with Crippen molar-refractivity contribution >= 4 is 39.6 Å². The van der Waals surface area contributed by atoms with Crippen LogP contribution in [0.1, 0.15) is 44.2 Å². The molecular formula is C25H31N3O2S. The molecule has 5 nitrogen and oxygen atoms in total. The number of nitrogens with one attached hydrogen (secondary N) is 1. The molecule has 0 atom stereocenters. The second-order valence-corrected chi connectivity index (χ2v) is 8.00. The number of aryl methyl sites for hydroxylation is 2. The van der Waals surface area contributed by atoms with E-state index in [2.05, 4.69) is 41.7 Å². The molecule has 0 aliphatic rings. The number of anilines is 1. The topological polar surface area (TPSA) is 60.7 Å². The Morgan fingerprint density at radius 2 is 1.90 bits per heavy atom. The number of hydrogen-bond acceptors (Lipinski definition) is 3. The lowest BCUT2D eigenvalue weighted by atomic mass is 10.0. The minimum Gasteiger partial charge on any atom is -0.508 e. The Morgan fingerprint density at radius 1 is 1.13 bits per heavy atom. The average molecular weight is 438 g/mol. The zero-order chi connectivity index (χ0) is 22.5. The van der Waals surface area contributed by atoms with Gasteiger partial charge in [-0.3, -0.25) is 4.90 Å². The first kappa shape index (κ1) is 22.7. The number of fused-ring (bicyclic) bond motifs is 1. The van der Waals surface area contributed by atoms with E-state index in [1.54, 1.807) is 13.1 Å². The SMILES string of the molecule is C=C(c1cc(CC)c(O)cc1O)N(C(=S)NC)c1cccc2c1ccn2CCCCC. The summed E-state index contributed by atoms with van der Waals surface area (Å²) in [6, 6.07) is 11.4. The minimum atomic E-state index is -0.0343. The Kier molecular flexibility index (Phi) is 7.23. The van der Waals surface area contributed by atoms with Crippen molar-refractivity contribution in [1.82, 2.24) is 9.88 Å². The number of benzene rings is 2. The third-order valence-corrected chi connectivity index (χ3v) is 6.00. The largest absolute Gasteiger partial charge is 0.508 e. The number of phenols is 2. The summed E-state index contributed by atoms with van der Waals surface area (Å²) in [5.74, 6) is 0.0402. The zero-order valence-electron chi connectivity index (χ0n) is 18.5. The van der Waals surface area contributed by atoms with E-state index in [9.17, 15) is 10.2 Å². The van der Waals surface area contributed by atoms with Crippen molar-refractivity contribution < 1.29 is 10.2 Å². The lowest BCUT2D eigenvalue weighted by Gasteiger charge is -2.28. The number of rotatable bonds is 8. The van der Waals surface area contributed by atoms with Crippen molar-refractivity contribution in [3.05, 3.63) is 60.3 Å². The van der Waals surface area contributed by atoms with E-state index in [0.29, 0.717) is 22.8 Å². The van der Waals surface area contributed by atoms with E-state index in [1.807, 2.05) is 24.0 Å². The summed E-state index contributed by atoms with van der Waals surface area (Å²) < 4.78 is 2.27. The molecule has 0 saturated heterocycles. The van der Waals surface area contributed by atoms with Crippen molar-refractivity contribution in [1.29, 1.82) is 0 Å². The van der Waals surface area contributed by atoms with Crippen molar-refractivity contribution in [2.45, 2.75) is 46.1 Å². The van der Waals surface area contributed by atoms with Crippen molar-refractivity contribution in [2.75, 3.05) is 11.9 Å². The molecule has 6 heteroatoms. The first-order valence-corrected chi connectivity index (χ1v) is 11.2. The fraction of sp³-hybridized carbons (Fsp3) is 0.320. The van der Waals surface area contributed by atoms with Gasteiger partial charge in [0.15, 0.2) is 5.11 Å². The number of aromatic nitrogens is 1. The second kappa shape index (κ2) is 9.88. The molecule has 0 aliphatic heterocycles. The molecule has 0 radical (unpaired) electrons. The van der Waals surface area contributed by atoms with Gasteiger partial charge in [-0.25, -0.2) is 0 Å². The van der Waals surface area contributed by atoms with E-state index in [4.69, 9.17) is 12.2 Å². The van der Waals surface area contributed by atoms with Crippen molar-refractivity contribution in [3.63, 3.8) is 0 Å². The highest BCUT2D eigenvalue weighted by Gasteiger charge is 2.22. The molecule has 1 aromatic heterocycles. The first-order valence-electron chi connectivity index (χ1n) is 10.8. The Morgan fingerprint density at radius 3 is 2.58 bits per heavy atom. The minimum absolute atomic E-state index is 0.0343. The van der Waals surface area contributed by atoms with Crippen LogP contribution in [0, 0.1) is 0 Å².